The van der Waals surface area contributed by atoms with Crippen LogP contribution in [0.15, 0.2) is 23.5 Å². The zero-order chi connectivity index (χ0) is 13.5. The minimum absolute atomic E-state index is 0.0329. The van der Waals surface area contributed by atoms with E-state index in [0.717, 1.165) is 12.8 Å². The Hall–Kier alpha value is -2.11. The van der Waals surface area contributed by atoms with Gasteiger partial charge in [-0.15, -0.1) is 0 Å². The van der Waals surface area contributed by atoms with E-state index in [0.29, 0.717) is 11.3 Å². The van der Waals surface area contributed by atoms with Crippen molar-refractivity contribution in [3.8, 4) is 0 Å². The lowest BCUT2D eigenvalue weighted by molar-refractivity contribution is 0.0930. The van der Waals surface area contributed by atoms with Gasteiger partial charge in [0.1, 0.15) is 5.69 Å². The van der Waals surface area contributed by atoms with Crippen molar-refractivity contribution < 1.29 is 10.0 Å². The molecule has 1 amide bonds. The molecule has 6 heteroatoms. The number of aromatic nitrogens is 1. The van der Waals surface area contributed by atoms with E-state index >= 15 is 0 Å². The van der Waals surface area contributed by atoms with Crippen LogP contribution < -0.4 is 11.1 Å². The summed E-state index contributed by atoms with van der Waals surface area (Å²) in [6.45, 7) is 4.03. The average Bonchev–Trinajstić information content (AvgIpc) is 2.43. The van der Waals surface area contributed by atoms with Gasteiger partial charge in [0.15, 0.2) is 5.84 Å². The zero-order valence-corrected chi connectivity index (χ0v) is 10.6. The van der Waals surface area contributed by atoms with E-state index in [9.17, 15) is 4.79 Å². The van der Waals surface area contributed by atoms with Gasteiger partial charge in [-0.2, -0.15) is 0 Å². The van der Waals surface area contributed by atoms with Crippen molar-refractivity contribution in [3.05, 3.63) is 29.6 Å². The van der Waals surface area contributed by atoms with Gasteiger partial charge in [0.25, 0.3) is 5.91 Å². The van der Waals surface area contributed by atoms with E-state index in [1.807, 2.05) is 13.8 Å². The largest absolute Gasteiger partial charge is 0.409 e. The molecule has 0 radical (unpaired) electrons. The number of carbonyl (C=O) groups is 1. The summed E-state index contributed by atoms with van der Waals surface area (Å²) in [6.07, 6.45) is 3.16. The first-order valence-electron chi connectivity index (χ1n) is 5.87. The Morgan fingerprint density at radius 3 is 2.61 bits per heavy atom. The summed E-state index contributed by atoms with van der Waals surface area (Å²) < 4.78 is 0. The molecule has 0 aliphatic carbocycles. The lowest BCUT2D eigenvalue weighted by Crippen LogP contribution is -2.34. The van der Waals surface area contributed by atoms with Crippen molar-refractivity contribution in [1.29, 1.82) is 0 Å². The van der Waals surface area contributed by atoms with E-state index in [4.69, 9.17) is 10.9 Å². The molecule has 0 saturated carbocycles. The van der Waals surface area contributed by atoms with E-state index in [2.05, 4.69) is 15.5 Å². The SMILES string of the molecule is CCC(CC)NC(=O)c1ccc(C(N)=NO)cn1. The van der Waals surface area contributed by atoms with Crippen LogP contribution in [0.2, 0.25) is 0 Å². The quantitative estimate of drug-likeness (QED) is 0.315. The second-order valence-electron chi connectivity index (χ2n) is 3.90. The predicted octanol–water partition coefficient (Wildman–Crippen LogP) is 1.09. The first-order chi connectivity index (χ1) is 8.62. The Balaban J connectivity index is 2.76. The van der Waals surface area contributed by atoms with Gasteiger partial charge in [0, 0.05) is 17.8 Å². The number of carbonyl (C=O) groups excluding carboxylic acids is 1. The van der Waals surface area contributed by atoms with Crippen molar-refractivity contribution in [2.75, 3.05) is 0 Å². The van der Waals surface area contributed by atoms with Crippen LogP contribution in [0.4, 0.5) is 0 Å². The summed E-state index contributed by atoms with van der Waals surface area (Å²) in [5.74, 6) is -0.246. The standard InChI is InChI=1S/C12H18N4O2/c1-3-9(4-2)15-12(17)10-6-5-8(7-14-10)11(13)16-18/h5-7,9,18H,3-4H2,1-2H3,(H2,13,16)(H,15,17). The molecule has 1 rings (SSSR count). The van der Waals surface area contributed by atoms with Crippen LogP contribution in [-0.2, 0) is 0 Å². The van der Waals surface area contributed by atoms with Gasteiger partial charge in [0.2, 0.25) is 0 Å². The molecule has 0 spiro atoms. The van der Waals surface area contributed by atoms with E-state index < -0.39 is 0 Å². The van der Waals surface area contributed by atoms with E-state index in [1.165, 1.54) is 6.20 Å². The normalized spacial score (nSPS) is 11.6. The summed E-state index contributed by atoms with van der Waals surface area (Å²) in [5.41, 5.74) is 6.19. The van der Waals surface area contributed by atoms with Crippen LogP contribution in [0.3, 0.4) is 0 Å². The Bertz CT molecular complexity index is 424. The molecule has 0 aliphatic heterocycles. The Morgan fingerprint density at radius 2 is 2.17 bits per heavy atom. The van der Waals surface area contributed by atoms with Crippen molar-refractivity contribution in [2.45, 2.75) is 32.7 Å². The predicted molar refractivity (Wildman–Crippen MR) is 68.6 cm³/mol. The highest BCUT2D eigenvalue weighted by atomic mass is 16.4. The monoisotopic (exact) mass is 250 g/mol. The molecule has 0 aromatic carbocycles. The van der Waals surface area contributed by atoms with E-state index in [-0.39, 0.29) is 17.8 Å². The summed E-state index contributed by atoms with van der Waals surface area (Å²) in [6, 6.07) is 3.29. The van der Waals surface area contributed by atoms with Crippen LogP contribution in [0, 0.1) is 0 Å². The number of hydrogen-bond donors (Lipinski definition) is 3. The molecule has 6 nitrogen and oxygen atoms in total. The molecule has 0 atom stereocenters. The van der Waals surface area contributed by atoms with Gasteiger partial charge in [-0.1, -0.05) is 19.0 Å². The van der Waals surface area contributed by atoms with Gasteiger partial charge in [0.05, 0.1) is 0 Å². The number of pyridine rings is 1. The van der Waals surface area contributed by atoms with Crippen molar-refractivity contribution >= 4 is 11.7 Å². The Labute approximate surface area is 106 Å². The van der Waals surface area contributed by atoms with Crippen LogP contribution in [0.1, 0.15) is 42.7 Å². The molecule has 18 heavy (non-hydrogen) atoms. The number of amides is 1. The smallest absolute Gasteiger partial charge is 0.270 e. The van der Waals surface area contributed by atoms with Crippen molar-refractivity contribution in [2.24, 2.45) is 10.9 Å². The lowest BCUT2D eigenvalue weighted by Gasteiger charge is -2.14. The number of nitrogens with one attached hydrogen (secondary N) is 1. The Morgan fingerprint density at radius 1 is 1.50 bits per heavy atom. The molecule has 0 unspecified atom stereocenters. The molecule has 0 aliphatic rings. The molecular weight excluding hydrogens is 232 g/mol. The first kappa shape index (κ1) is 14.0. The van der Waals surface area contributed by atoms with E-state index in [1.54, 1.807) is 12.1 Å². The number of nitrogens with zero attached hydrogens (tertiary/aromatic N) is 2. The van der Waals surface area contributed by atoms with Crippen molar-refractivity contribution in [1.82, 2.24) is 10.3 Å². The summed E-state index contributed by atoms with van der Waals surface area (Å²) in [5, 5.41) is 14.3. The number of oxime groups is 1. The zero-order valence-electron chi connectivity index (χ0n) is 10.6. The number of rotatable bonds is 5. The second kappa shape index (κ2) is 6.58. The fraction of sp³-hybridized carbons (Fsp3) is 0.417. The maximum atomic E-state index is 11.8. The molecule has 1 heterocycles. The van der Waals surface area contributed by atoms with Crippen LogP contribution >= 0.6 is 0 Å². The minimum Gasteiger partial charge on any atom is -0.409 e. The molecular formula is C12H18N4O2. The summed E-state index contributed by atoms with van der Waals surface area (Å²) in [4.78, 5) is 15.8. The topological polar surface area (TPSA) is 101 Å². The highest BCUT2D eigenvalue weighted by Crippen LogP contribution is 2.02. The second-order valence-corrected chi connectivity index (χ2v) is 3.90. The van der Waals surface area contributed by atoms with Crippen LogP contribution in [0.5, 0.6) is 0 Å². The third kappa shape index (κ3) is 3.44. The molecule has 0 fully saturated rings. The van der Waals surface area contributed by atoms with Gasteiger partial charge in [-0.25, -0.2) is 0 Å². The molecule has 0 bridgehead atoms. The fourth-order valence-corrected chi connectivity index (χ4v) is 1.49. The highest BCUT2D eigenvalue weighted by Gasteiger charge is 2.12. The lowest BCUT2D eigenvalue weighted by atomic mass is 10.1. The number of hydrogen-bond acceptors (Lipinski definition) is 4. The first-order valence-corrected chi connectivity index (χ1v) is 5.87. The Kier molecular flexibility index (Phi) is 5.10. The molecule has 0 saturated heterocycles. The highest BCUT2D eigenvalue weighted by molar-refractivity contribution is 5.98. The molecule has 98 valence electrons. The molecule has 1 aromatic rings. The fourth-order valence-electron chi connectivity index (χ4n) is 1.49. The van der Waals surface area contributed by atoms with Gasteiger partial charge >= 0.3 is 0 Å². The molecule has 1 aromatic heterocycles. The number of nitrogens with two attached hydrogens (primary N) is 1. The van der Waals surface area contributed by atoms with Gasteiger partial charge in [-0.3, -0.25) is 9.78 Å². The average molecular weight is 250 g/mol. The van der Waals surface area contributed by atoms with Crippen LogP contribution in [0.25, 0.3) is 0 Å². The van der Waals surface area contributed by atoms with Crippen molar-refractivity contribution in [3.63, 3.8) is 0 Å². The minimum atomic E-state index is -0.213. The van der Waals surface area contributed by atoms with Crippen LogP contribution in [-0.4, -0.2) is 28.0 Å². The molecule has 4 N–H and O–H groups in total. The number of amidine groups is 1. The summed E-state index contributed by atoms with van der Waals surface area (Å²) in [7, 11) is 0. The third-order valence-corrected chi connectivity index (χ3v) is 2.72. The maximum Gasteiger partial charge on any atom is 0.270 e. The summed E-state index contributed by atoms with van der Waals surface area (Å²) >= 11 is 0. The maximum absolute atomic E-state index is 11.8. The third-order valence-electron chi connectivity index (χ3n) is 2.72. The van der Waals surface area contributed by atoms with Gasteiger partial charge in [-0.05, 0) is 25.0 Å². The van der Waals surface area contributed by atoms with Gasteiger partial charge < -0.3 is 16.3 Å².